The summed E-state index contributed by atoms with van der Waals surface area (Å²) in [4.78, 5) is 5.67. The molecule has 0 saturated heterocycles. The second-order valence-corrected chi connectivity index (χ2v) is 4.46. The third-order valence-electron chi connectivity index (χ3n) is 2.11. The Kier molecular flexibility index (Phi) is 3.53. The Morgan fingerprint density at radius 1 is 1.47 bits per heavy atom. The van der Waals surface area contributed by atoms with E-state index in [0.29, 0.717) is 0 Å². The smallest absolute Gasteiger partial charge is 0.117 e. The summed E-state index contributed by atoms with van der Waals surface area (Å²) in [7, 11) is 0. The predicted molar refractivity (Wildman–Crippen MR) is 60.7 cm³/mol. The van der Waals surface area contributed by atoms with Gasteiger partial charge in [-0.3, -0.25) is 0 Å². The van der Waals surface area contributed by atoms with Gasteiger partial charge in [-0.05, 0) is 18.6 Å². The van der Waals surface area contributed by atoms with E-state index in [4.69, 9.17) is 4.42 Å². The van der Waals surface area contributed by atoms with Crippen molar-refractivity contribution in [2.45, 2.75) is 26.4 Å². The Labute approximate surface area is 93.2 Å². The minimum absolute atomic E-state index is 0.758. The summed E-state index contributed by atoms with van der Waals surface area (Å²) in [6.45, 7) is 3.72. The summed E-state index contributed by atoms with van der Waals surface area (Å²) < 4.78 is 5.22. The first-order valence-electron chi connectivity index (χ1n) is 5.05. The standard InChI is InChI=1S/C11H14N2OS/c1-2-10-7-13-11(15-10)8-12-6-9-4-3-5-14-9/h3-5,7,12H,2,6,8H2,1H3. The zero-order valence-corrected chi connectivity index (χ0v) is 9.51. The number of aromatic nitrogens is 1. The molecule has 4 heteroatoms. The van der Waals surface area contributed by atoms with Crippen LogP contribution in [0.15, 0.2) is 29.0 Å². The molecular formula is C11H14N2OS. The van der Waals surface area contributed by atoms with Gasteiger partial charge >= 0.3 is 0 Å². The first kappa shape index (κ1) is 10.4. The average molecular weight is 222 g/mol. The summed E-state index contributed by atoms with van der Waals surface area (Å²) in [5.74, 6) is 0.960. The number of rotatable bonds is 5. The van der Waals surface area contributed by atoms with Crippen LogP contribution in [0, 0.1) is 0 Å². The maximum Gasteiger partial charge on any atom is 0.117 e. The molecule has 0 aliphatic heterocycles. The zero-order valence-electron chi connectivity index (χ0n) is 8.69. The van der Waals surface area contributed by atoms with Crippen LogP contribution < -0.4 is 5.32 Å². The number of hydrogen-bond donors (Lipinski definition) is 1. The molecule has 0 aliphatic carbocycles. The average Bonchev–Trinajstić information content (AvgIpc) is 2.88. The summed E-state index contributed by atoms with van der Waals surface area (Å²) in [5, 5.41) is 4.43. The Balaban J connectivity index is 1.78. The van der Waals surface area contributed by atoms with Crippen molar-refractivity contribution in [1.82, 2.24) is 10.3 Å². The highest BCUT2D eigenvalue weighted by Gasteiger charge is 2.00. The van der Waals surface area contributed by atoms with Crippen molar-refractivity contribution < 1.29 is 4.42 Å². The second-order valence-electron chi connectivity index (χ2n) is 3.26. The van der Waals surface area contributed by atoms with Crippen LogP contribution in [0.5, 0.6) is 0 Å². The van der Waals surface area contributed by atoms with E-state index in [1.165, 1.54) is 4.88 Å². The molecule has 1 N–H and O–H groups in total. The van der Waals surface area contributed by atoms with Crippen LogP contribution in [-0.2, 0) is 19.5 Å². The van der Waals surface area contributed by atoms with E-state index < -0.39 is 0 Å². The van der Waals surface area contributed by atoms with Gasteiger partial charge in [-0.15, -0.1) is 11.3 Å². The molecule has 0 radical (unpaired) electrons. The van der Waals surface area contributed by atoms with Crippen LogP contribution in [-0.4, -0.2) is 4.98 Å². The molecule has 80 valence electrons. The van der Waals surface area contributed by atoms with E-state index in [9.17, 15) is 0 Å². The quantitative estimate of drug-likeness (QED) is 0.845. The maximum atomic E-state index is 5.22. The molecule has 0 bridgehead atoms. The van der Waals surface area contributed by atoms with Gasteiger partial charge in [0.25, 0.3) is 0 Å². The molecular weight excluding hydrogens is 208 g/mol. The first-order valence-corrected chi connectivity index (χ1v) is 5.87. The number of hydrogen-bond acceptors (Lipinski definition) is 4. The highest BCUT2D eigenvalue weighted by atomic mass is 32.1. The Hall–Kier alpha value is -1.13. The molecule has 2 aromatic heterocycles. The van der Waals surface area contributed by atoms with Crippen LogP contribution in [0.25, 0.3) is 0 Å². The third kappa shape index (κ3) is 2.91. The van der Waals surface area contributed by atoms with Crippen LogP contribution in [0.3, 0.4) is 0 Å². The Morgan fingerprint density at radius 3 is 3.07 bits per heavy atom. The van der Waals surface area contributed by atoms with Gasteiger partial charge < -0.3 is 9.73 Å². The van der Waals surface area contributed by atoms with E-state index in [0.717, 1.165) is 30.3 Å². The lowest BCUT2D eigenvalue weighted by molar-refractivity contribution is 0.483. The van der Waals surface area contributed by atoms with E-state index in [1.54, 1.807) is 17.6 Å². The monoisotopic (exact) mass is 222 g/mol. The Bertz CT molecular complexity index is 394. The fourth-order valence-electron chi connectivity index (χ4n) is 1.30. The molecule has 0 aromatic carbocycles. The number of nitrogens with one attached hydrogen (secondary N) is 1. The van der Waals surface area contributed by atoms with Crippen molar-refractivity contribution in [3.63, 3.8) is 0 Å². The number of nitrogens with zero attached hydrogens (tertiary/aromatic N) is 1. The van der Waals surface area contributed by atoms with Gasteiger partial charge in [0.15, 0.2) is 0 Å². The van der Waals surface area contributed by atoms with Gasteiger partial charge in [0.2, 0.25) is 0 Å². The molecule has 0 amide bonds. The molecule has 2 aromatic rings. The largest absolute Gasteiger partial charge is 0.468 e. The Morgan fingerprint density at radius 2 is 2.40 bits per heavy atom. The fourth-order valence-corrected chi connectivity index (χ4v) is 2.13. The SMILES string of the molecule is CCc1cnc(CNCc2ccco2)s1. The van der Waals surface area contributed by atoms with Crippen LogP contribution >= 0.6 is 11.3 Å². The first-order chi connectivity index (χ1) is 7.38. The van der Waals surface area contributed by atoms with Crippen molar-refractivity contribution in [2.75, 3.05) is 0 Å². The third-order valence-corrected chi connectivity index (χ3v) is 3.25. The van der Waals surface area contributed by atoms with Crippen LogP contribution in [0.1, 0.15) is 22.6 Å². The normalized spacial score (nSPS) is 10.7. The molecule has 15 heavy (non-hydrogen) atoms. The van der Waals surface area contributed by atoms with Gasteiger partial charge in [-0.2, -0.15) is 0 Å². The number of aryl methyl sites for hydroxylation is 1. The van der Waals surface area contributed by atoms with Crippen molar-refractivity contribution >= 4 is 11.3 Å². The summed E-state index contributed by atoms with van der Waals surface area (Å²) in [6, 6.07) is 3.86. The van der Waals surface area contributed by atoms with Gasteiger partial charge in [0, 0.05) is 17.6 Å². The van der Waals surface area contributed by atoms with Gasteiger partial charge in [-0.1, -0.05) is 6.92 Å². The highest BCUT2D eigenvalue weighted by Crippen LogP contribution is 2.13. The van der Waals surface area contributed by atoms with Gasteiger partial charge in [0.1, 0.15) is 10.8 Å². The molecule has 0 atom stereocenters. The second kappa shape index (κ2) is 5.09. The lowest BCUT2D eigenvalue weighted by Gasteiger charge is -1.98. The lowest BCUT2D eigenvalue weighted by atomic mass is 10.4. The predicted octanol–water partition coefficient (Wildman–Crippen LogP) is 2.59. The molecule has 0 aliphatic rings. The molecule has 2 heterocycles. The molecule has 0 saturated carbocycles. The highest BCUT2D eigenvalue weighted by molar-refractivity contribution is 7.11. The van der Waals surface area contributed by atoms with E-state index >= 15 is 0 Å². The number of thiazole rings is 1. The van der Waals surface area contributed by atoms with Crippen LogP contribution in [0.2, 0.25) is 0 Å². The van der Waals surface area contributed by atoms with Gasteiger partial charge in [0.05, 0.1) is 12.8 Å². The van der Waals surface area contributed by atoms with Crippen LogP contribution in [0.4, 0.5) is 0 Å². The molecule has 0 fully saturated rings. The lowest BCUT2D eigenvalue weighted by Crippen LogP contribution is -2.11. The summed E-state index contributed by atoms with van der Waals surface area (Å²) in [6.07, 6.45) is 4.71. The summed E-state index contributed by atoms with van der Waals surface area (Å²) >= 11 is 1.77. The number of furan rings is 1. The fraction of sp³-hybridized carbons (Fsp3) is 0.364. The van der Waals surface area contributed by atoms with E-state index in [2.05, 4.69) is 17.2 Å². The van der Waals surface area contributed by atoms with Gasteiger partial charge in [-0.25, -0.2) is 4.98 Å². The van der Waals surface area contributed by atoms with Crippen molar-refractivity contribution in [3.8, 4) is 0 Å². The molecule has 0 spiro atoms. The molecule has 0 unspecified atom stereocenters. The van der Waals surface area contributed by atoms with Crippen molar-refractivity contribution in [1.29, 1.82) is 0 Å². The summed E-state index contributed by atoms with van der Waals surface area (Å²) in [5.41, 5.74) is 0. The minimum Gasteiger partial charge on any atom is -0.468 e. The van der Waals surface area contributed by atoms with Crippen molar-refractivity contribution in [3.05, 3.63) is 40.2 Å². The molecule has 2 rings (SSSR count). The maximum absolute atomic E-state index is 5.22. The van der Waals surface area contributed by atoms with E-state index in [-0.39, 0.29) is 0 Å². The topological polar surface area (TPSA) is 38.1 Å². The van der Waals surface area contributed by atoms with Crippen molar-refractivity contribution in [2.24, 2.45) is 0 Å². The van der Waals surface area contributed by atoms with E-state index in [1.807, 2.05) is 18.3 Å². The minimum atomic E-state index is 0.758. The zero-order chi connectivity index (χ0) is 10.5. The molecule has 3 nitrogen and oxygen atoms in total.